The highest BCUT2D eigenvalue weighted by Gasteiger charge is 2.29. The van der Waals surface area contributed by atoms with Gasteiger partial charge in [-0.15, -0.1) is 0 Å². The molecular formula is C9H11NO3S. The van der Waals surface area contributed by atoms with E-state index in [1.165, 1.54) is 7.11 Å². The molecular weight excluding hydrogens is 202 g/mol. The van der Waals surface area contributed by atoms with Crippen molar-refractivity contribution in [3.63, 3.8) is 0 Å². The standard InChI is InChI=1S/C9H11NO3S/c1-13-9-6-4-5-14(11,12)8(6)3-2-7(9)10/h2-3H,4-5,10H2,1H3. The van der Waals surface area contributed by atoms with Crippen LogP contribution in [0.1, 0.15) is 5.56 Å². The van der Waals surface area contributed by atoms with E-state index in [4.69, 9.17) is 10.5 Å². The second-order valence-corrected chi connectivity index (χ2v) is 5.31. The van der Waals surface area contributed by atoms with E-state index in [9.17, 15) is 8.42 Å². The number of methoxy groups -OCH3 is 1. The van der Waals surface area contributed by atoms with Crippen LogP contribution in [0.5, 0.6) is 5.75 Å². The first-order valence-corrected chi connectivity index (χ1v) is 5.89. The maximum Gasteiger partial charge on any atom is 0.179 e. The Labute approximate surface area is 82.6 Å². The smallest absolute Gasteiger partial charge is 0.179 e. The van der Waals surface area contributed by atoms with E-state index < -0.39 is 9.84 Å². The van der Waals surface area contributed by atoms with E-state index in [0.29, 0.717) is 28.3 Å². The van der Waals surface area contributed by atoms with E-state index in [-0.39, 0.29) is 5.75 Å². The fraction of sp³-hybridized carbons (Fsp3) is 0.333. The molecule has 1 aromatic rings. The van der Waals surface area contributed by atoms with Crippen molar-refractivity contribution < 1.29 is 13.2 Å². The van der Waals surface area contributed by atoms with Gasteiger partial charge in [0.15, 0.2) is 9.84 Å². The van der Waals surface area contributed by atoms with E-state index in [0.717, 1.165) is 0 Å². The Balaban J connectivity index is 2.74. The highest BCUT2D eigenvalue weighted by atomic mass is 32.2. The second kappa shape index (κ2) is 2.88. The van der Waals surface area contributed by atoms with Crippen molar-refractivity contribution in [1.82, 2.24) is 0 Å². The molecule has 0 saturated heterocycles. The first-order valence-electron chi connectivity index (χ1n) is 4.24. The average Bonchev–Trinajstić information content (AvgIpc) is 2.42. The molecule has 0 spiro atoms. The summed E-state index contributed by atoms with van der Waals surface area (Å²) >= 11 is 0. The van der Waals surface area contributed by atoms with Gasteiger partial charge in [0.05, 0.1) is 23.4 Å². The van der Waals surface area contributed by atoms with Gasteiger partial charge in [-0.25, -0.2) is 8.42 Å². The third kappa shape index (κ3) is 1.16. The highest BCUT2D eigenvalue weighted by molar-refractivity contribution is 7.91. The third-order valence-corrected chi connectivity index (χ3v) is 4.20. The number of sulfone groups is 1. The normalized spacial score (nSPS) is 17.8. The van der Waals surface area contributed by atoms with Crippen LogP contribution in [0.3, 0.4) is 0 Å². The van der Waals surface area contributed by atoms with Crippen LogP contribution in [0.4, 0.5) is 5.69 Å². The molecule has 5 heteroatoms. The number of nitrogens with two attached hydrogens (primary N) is 1. The van der Waals surface area contributed by atoms with Gasteiger partial charge in [-0.3, -0.25) is 0 Å². The van der Waals surface area contributed by atoms with Gasteiger partial charge < -0.3 is 10.5 Å². The van der Waals surface area contributed by atoms with Crippen LogP contribution in [0, 0.1) is 0 Å². The molecule has 0 amide bonds. The van der Waals surface area contributed by atoms with Crippen molar-refractivity contribution in [2.45, 2.75) is 11.3 Å². The molecule has 76 valence electrons. The molecule has 1 heterocycles. The molecule has 2 rings (SSSR count). The molecule has 0 saturated carbocycles. The van der Waals surface area contributed by atoms with Gasteiger partial charge in [0.25, 0.3) is 0 Å². The zero-order valence-corrected chi connectivity index (χ0v) is 8.60. The summed E-state index contributed by atoms with van der Waals surface area (Å²) in [4.78, 5) is 0.364. The van der Waals surface area contributed by atoms with Crippen LogP contribution in [0.15, 0.2) is 17.0 Å². The van der Waals surface area contributed by atoms with E-state index in [2.05, 4.69) is 0 Å². The van der Waals surface area contributed by atoms with Crippen molar-refractivity contribution in [3.05, 3.63) is 17.7 Å². The maximum absolute atomic E-state index is 11.5. The minimum Gasteiger partial charge on any atom is -0.494 e. The first kappa shape index (κ1) is 9.33. The van der Waals surface area contributed by atoms with Gasteiger partial charge in [-0.2, -0.15) is 0 Å². The molecule has 0 radical (unpaired) electrons. The van der Waals surface area contributed by atoms with Crippen molar-refractivity contribution in [2.75, 3.05) is 18.6 Å². The van der Waals surface area contributed by atoms with Gasteiger partial charge in [0.1, 0.15) is 5.75 Å². The fourth-order valence-electron chi connectivity index (χ4n) is 1.74. The monoisotopic (exact) mass is 213 g/mol. The van der Waals surface area contributed by atoms with Crippen LogP contribution in [-0.2, 0) is 16.3 Å². The summed E-state index contributed by atoms with van der Waals surface area (Å²) in [7, 11) is -1.59. The molecule has 1 aliphatic rings. The summed E-state index contributed by atoms with van der Waals surface area (Å²) in [6, 6.07) is 3.12. The van der Waals surface area contributed by atoms with Crippen LogP contribution >= 0.6 is 0 Å². The molecule has 1 aromatic carbocycles. The quantitative estimate of drug-likeness (QED) is 0.694. The Hall–Kier alpha value is -1.23. The number of anilines is 1. The molecule has 0 aromatic heterocycles. The summed E-state index contributed by atoms with van der Waals surface area (Å²) in [5, 5.41) is 0. The molecule has 14 heavy (non-hydrogen) atoms. The zero-order valence-electron chi connectivity index (χ0n) is 7.78. The van der Waals surface area contributed by atoms with Gasteiger partial charge in [0, 0.05) is 5.56 Å². The minimum absolute atomic E-state index is 0.155. The molecule has 0 bridgehead atoms. The number of nitrogen functional groups attached to an aromatic ring is 1. The van der Waals surface area contributed by atoms with Gasteiger partial charge in [0.2, 0.25) is 0 Å². The van der Waals surface area contributed by atoms with Crippen LogP contribution in [0.2, 0.25) is 0 Å². The largest absolute Gasteiger partial charge is 0.494 e. The van der Waals surface area contributed by atoms with Crippen molar-refractivity contribution in [1.29, 1.82) is 0 Å². The van der Waals surface area contributed by atoms with Crippen LogP contribution < -0.4 is 10.5 Å². The predicted octanol–water partition coefficient (Wildman–Crippen LogP) is 0.607. The first-order chi connectivity index (χ1) is 6.56. The molecule has 1 aliphatic heterocycles. The SMILES string of the molecule is COc1c(N)ccc2c1CCS2(=O)=O. The molecule has 0 unspecified atom stereocenters. The van der Waals surface area contributed by atoms with Crippen molar-refractivity contribution in [2.24, 2.45) is 0 Å². The lowest BCUT2D eigenvalue weighted by Gasteiger charge is -2.08. The number of hydrogen-bond acceptors (Lipinski definition) is 4. The molecule has 0 aliphatic carbocycles. The van der Waals surface area contributed by atoms with Gasteiger partial charge >= 0.3 is 0 Å². The van der Waals surface area contributed by atoms with Gasteiger partial charge in [-0.05, 0) is 18.6 Å². The lowest BCUT2D eigenvalue weighted by Crippen LogP contribution is -1.99. The summed E-state index contributed by atoms with van der Waals surface area (Å²) in [5.41, 5.74) is 6.88. The lowest BCUT2D eigenvalue weighted by atomic mass is 10.1. The van der Waals surface area contributed by atoms with Crippen molar-refractivity contribution in [3.8, 4) is 5.75 Å². The number of ether oxygens (including phenoxy) is 1. The number of fused-ring (bicyclic) bond motifs is 1. The summed E-state index contributed by atoms with van der Waals surface area (Å²) in [6.07, 6.45) is 0.492. The van der Waals surface area contributed by atoms with E-state index in [1.54, 1.807) is 12.1 Å². The second-order valence-electron chi connectivity index (χ2n) is 3.23. The number of benzene rings is 1. The molecule has 0 fully saturated rings. The Morgan fingerprint density at radius 2 is 2.14 bits per heavy atom. The van der Waals surface area contributed by atoms with Crippen molar-refractivity contribution >= 4 is 15.5 Å². The summed E-state index contributed by atoms with van der Waals surface area (Å²) in [5.74, 6) is 0.658. The number of rotatable bonds is 1. The zero-order chi connectivity index (χ0) is 10.3. The maximum atomic E-state index is 11.5. The minimum atomic E-state index is -3.09. The molecule has 4 nitrogen and oxygen atoms in total. The fourth-order valence-corrected chi connectivity index (χ4v) is 3.28. The predicted molar refractivity (Wildman–Crippen MR) is 53.2 cm³/mol. The Bertz CT molecular complexity index is 479. The third-order valence-electron chi connectivity index (χ3n) is 2.41. The van der Waals surface area contributed by atoms with Crippen LogP contribution in [-0.4, -0.2) is 21.3 Å². The number of hydrogen-bond donors (Lipinski definition) is 1. The van der Waals surface area contributed by atoms with Gasteiger partial charge in [-0.1, -0.05) is 0 Å². The molecule has 2 N–H and O–H groups in total. The Morgan fingerprint density at radius 1 is 1.43 bits per heavy atom. The Morgan fingerprint density at radius 3 is 2.79 bits per heavy atom. The Kier molecular flexibility index (Phi) is 1.92. The summed E-state index contributed by atoms with van der Waals surface area (Å²) in [6.45, 7) is 0. The van der Waals surface area contributed by atoms with E-state index in [1.807, 2.05) is 0 Å². The summed E-state index contributed by atoms with van der Waals surface area (Å²) < 4.78 is 28.2. The van der Waals surface area contributed by atoms with Crippen LogP contribution in [0.25, 0.3) is 0 Å². The highest BCUT2D eigenvalue weighted by Crippen LogP contribution is 2.36. The van der Waals surface area contributed by atoms with E-state index >= 15 is 0 Å². The molecule has 0 atom stereocenters. The average molecular weight is 213 g/mol. The topological polar surface area (TPSA) is 69.4 Å². The lowest BCUT2D eigenvalue weighted by molar-refractivity contribution is 0.411.